The lowest BCUT2D eigenvalue weighted by atomic mass is 9.71. The van der Waals surface area contributed by atoms with Crippen molar-refractivity contribution < 1.29 is 19.6 Å². The van der Waals surface area contributed by atoms with Crippen molar-refractivity contribution in [3.05, 3.63) is 0 Å². The van der Waals surface area contributed by atoms with Gasteiger partial charge in [0.15, 0.2) is 0 Å². The van der Waals surface area contributed by atoms with Gasteiger partial charge in [0.25, 0.3) is 0 Å². The van der Waals surface area contributed by atoms with Gasteiger partial charge in [0.2, 0.25) is 11.6 Å². The molecular formula is C16H28O4. The summed E-state index contributed by atoms with van der Waals surface area (Å²) in [7, 11) is 0. The van der Waals surface area contributed by atoms with Crippen LogP contribution in [0, 0.1) is 10.8 Å². The first kappa shape index (κ1) is 14.8. The molecular weight excluding hydrogens is 256 g/mol. The predicted octanol–water partition coefficient (Wildman–Crippen LogP) is 4.49. The number of rotatable bonds is 0. The van der Waals surface area contributed by atoms with Crippen molar-refractivity contribution in [1.29, 1.82) is 0 Å². The molecule has 20 heavy (non-hydrogen) atoms. The first-order chi connectivity index (χ1) is 9.33. The smallest absolute Gasteiger partial charge is 0.194 e. The van der Waals surface area contributed by atoms with E-state index in [1.54, 1.807) is 0 Å². The van der Waals surface area contributed by atoms with Gasteiger partial charge < -0.3 is 0 Å². The van der Waals surface area contributed by atoms with Gasteiger partial charge in [0.05, 0.1) is 0 Å². The van der Waals surface area contributed by atoms with Crippen molar-refractivity contribution in [2.24, 2.45) is 10.8 Å². The molecule has 0 unspecified atom stereocenters. The molecule has 0 radical (unpaired) electrons. The molecule has 3 fully saturated rings. The second-order valence-electron chi connectivity index (χ2n) is 8.02. The van der Waals surface area contributed by atoms with E-state index in [0.29, 0.717) is 0 Å². The van der Waals surface area contributed by atoms with Crippen LogP contribution in [0.4, 0.5) is 0 Å². The second kappa shape index (κ2) is 4.67. The first-order valence-electron chi connectivity index (χ1n) is 8.06. The molecule has 0 bridgehead atoms. The Labute approximate surface area is 122 Å². The van der Waals surface area contributed by atoms with Gasteiger partial charge in [0, 0.05) is 23.7 Å². The highest BCUT2D eigenvalue weighted by atomic mass is 17.4. The summed E-state index contributed by atoms with van der Waals surface area (Å²) >= 11 is 0. The van der Waals surface area contributed by atoms with Crippen LogP contribution in [0.1, 0.15) is 79.1 Å². The Morgan fingerprint density at radius 1 is 0.500 bits per heavy atom. The SMILES string of the molecule is CC1(C)CCCCC12OOC1(CCCCC1(C)C)OO2. The van der Waals surface area contributed by atoms with E-state index < -0.39 is 11.6 Å². The first-order valence-corrected chi connectivity index (χ1v) is 8.06. The fourth-order valence-electron chi connectivity index (χ4n) is 3.82. The van der Waals surface area contributed by atoms with Crippen LogP contribution in [0.25, 0.3) is 0 Å². The van der Waals surface area contributed by atoms with Gasteiger partial charge in [-0.25, -0.2) is 0 Å². The van der Waals surface area contributed by atoms with E-state index in [1.165, 1.54) is 12.8 Å². The van der Waals surface area contributed by atoms with E-state index in [9.17, 15) is 0 Å². The molecule has 0 aromatic heterocycles. The number of hydrogen-bond acceptors (Lipinski definition) is 4. The Morgan fingerprint density at radius 3 is 1.10 bits per heavy atom. The van der Waals surface area contributed by atoms with Gasteiger partial charge in [-0.05, 0) is 25.7 Å². The molecule has 116 valence electrons. The third kappa shape index (κ3) is 2.04. The lowest BCUT2D eigenvalue weighted by Crippen LogP contribution is -2.63. The van der Waals surface area contributed by atoms with Crippen molar-refractivity contribution in [2.75, 3.05) is 0 Å². The van der Waals surface area contributed by atoms with E-state index in [0.717, 1.165) is 38.5 Å². The van der Waals surface area contributed by atoms with E-state index in [4.69, 9.17) is 19.6 Å². The molecule has 1 heterocycles. The summed E-state index contributed by atoms with van der Waals surface area (Å²) in [6, 6.07) is 0. The van der Waals surface area contributed by atoms with E-state index in [1.807, 2.05) is 0 Å². The minimum Gasteiger partial charge on any atom is -0.194 e. The molecule has 0 aromatic carbocycles. The van der Waals surface area contributed by atoms with Crippen LogP contribution in [-0.2, 0) is 19.6 Å². The van der Waals surface area contributed by atoms with Gasteiger partial charge in [-0.15, -0.1) is 0 Å². The van der Waals surface area contributed by atoms with Gasteiger partial charge in [-0.2, -0.15) is 19.6 Å². The van der Waals surface area contributed by atoms with Crippen LogP contribution in [-0.4, -0.2) is 11.6 Å². The third-order valence-electron chi connectivity index (χ3n) is 5.80. The fourth-order valence-corrected chi connectivity index (χ4v) is 3.82. The quantitative estimate of drug-likeness (QED) is 0.614. The molecule has 1 aliphatic heterocycles. The van der Waals surface area contributed by atoms with Crippen molar-refractivity contribution in [3.8, 4) is 0 Å². The average Bonchev–Trinajstić information content (AvgIpc) is 2.39. The van der Waals surface area contributed by atoms with Crippen molar-refractivity contribution in [3.63, 3.8) is 0 Å². The van der Waals surface area contributed by atoms with Gasteiger partial charge in [-0.1, -0.05) is 40.5 Å². The summed E-state index contributed by atoms with van der Waals surface area (Å²) in [5.74, 6) is -1.49. The molecule has 0 N–H and O–H groups in total. The normalized spacial score (nSPS) is 43.8. The molecule has 2 spiro atoms. The maximum atomic E-state index is 5.90. The Bertz CT molecular complexity index is 331. The standard InChI is InChI=1S/C16H28O4/c1-13(2)9-5-7-11-15(13)17-19-16(20-18-15)12-8-6-10-14(16,3)4/h5-12H2,1-4H3. The Balaban J connectivity index is 1.79. The maximum Gasteiger partial charge on any atom is 0.239 e. The summed E-state index contributed by atoms with van der Waals surface area (Å²) in [5.41, 5.74) is -0.183. The van der Waals surface area contributed by atoms with Crippen LogP contribution in [0.3, 0.4) is 0 Å². The lowest BCUT2D eigenvalue weighted by Gasteiger charge is -2.56. The highest BCUT2D eigenvalue weighted by Crippen LogP contribution is 2.55. The van der Waals surface area contributed by atoms with Crippen molar-refractivity contribution in [1.82, 2.24) is 0 Å². The molecule has 1 saturated heterocycles. The largest absolute Gasteiger partial charge is 0.239 e. The van der Waals surface area contributed by atoms with Gasteiger partial charge >= 0.3 is 0 Å². The highest BCUT2D eigenvalue weighted by Gasteiger charge is 2.61. The topological polar surface area (TPSA) is 36.9 Å². The van der Waals surface area contributed by atoms with Gasteiger partial charge in [0.1, 0.15) is 0 Å². The molecule has 0 amide bonds. The van der Waals surface area contributed by atoms with Crippen LogP contribution in [0.2, 0.25) is 0 Å². The molecule has 0 atom stereocenters. The zero-order valence-corrected chi connectivity index (χ0v) is 13.3. The summed E-state index contributed by atoms with van der Waals surface area (Å²) in [6.07, 6.45) is 8.38. The molecule has 0 aromatic rings. The Morgan fingerprint density at radius 2 is 0.800 bits per heavy atom. The molecule has 4 nitrogen and oxygen atoms in total. The number of hydrogen-bond donors (Lipinski definition) is 0. The zero-order chi connectivity index (χ0) is 14.5. The summed E-state index contributed by atoms with van der Waals surface area (Å²) in [5, 5.41) is 0. The van der Waals surface area contributed by atoms with Crippen molar-refractivity contribution in [2.45, 2.75) is 90.6 Å². The summed E-state index contributed by atoms with van der Waals surface area (Å²) in [6.45, 7) is 8.68. The maximum absolute atomic E-state index is 5.90. The Hall–Kier alpha value is -0.160. The van der Waals surface area contributed by atoms with E-state index in [-0.39, 0.29) is 10.8 Å². The molecule has 2 aliphatic carbocycles. The van der Waals surface area contributed by atoms with Crippen LogP contribution < -0.4 is 0 Å². The second-order valence-corrected chi connectivity index (χ2v) is 8.02. The molecule has 4 heteroatoms. The van der Waals surface area contributed by atoms with Crippen LogP contribution in [0.15, 0.2) is 0 Å². The minimum absolute atomic E-state index is 0.0916. The lowest BCUT2D eigenvalue weighted by molar-refractivity contribution is -0.687. The van der Waals surface area contributed by atoms with Crippen LogP contribution >= 0.6 is 0 Å². The predicted molar refractivity (Wildman–Crippen MR) is 74.3 cm³/mol. The highest BCUT2D eigenvalue weighted by molar-refractivity contribution is 4.94. The monoisotopic (exact) mass is 284 g/mol. The average molecular weight is 284 g/mol. The third-order valence-corrected chi connectivity index (χ3v) is 5.80. The Kier molecular flexibility index (Phi) is 3.45. The summed E-state index contributed by atoms with van der Waals surface area (Å²) < 4.78 is 0. The van der Waals surface area contributed by atoms with Crippen molar-refractivity contribution >= 4 is 0 Å². The van der Waals surface area contributed by atoms with Crippen LogP contribution in [0.5, 0.6) is 0 Å². The van der Waals surface area contributed by atoms with E-state index >= 15 is 0 Å². The minimum atomic E-state index is -0.746. The zero-order valence-electron chi connectivity index (χ0n) is 13.3. The summed E-state index contributed by atoms with van der Waals surface area (Å²) in [4.78, 5) is 23.6. The molecule has 2 saturated carbocycles. The van der Waals surface area contributed by atoms with Gasteiger partial charge in [-0.3, -0.25) is 0 Å². The fraction of sp³-hybridized carbons (Fsp3) is 1.00. The molecule has 3 rings (SSSR count). The van der Waals surface area contributed by atoms with E-state index in [2.05, 4.69) is 27.7 Å². The molecule has 3 aliphatic rings.